The zero-order valence-corrected chi connectivity index (χ0v) is 13.5. The smallest absolute Gasteiger partial charge is 0.129 e. The van der Waals surface area contributed by atoms with Gasteiger partial charge in [0.1, 0.15) is 6.61 Å². The standard InChI is InChI=1S/C15H20ClN3O.ClH/c16-14-8-6-13(7-9-14)15(19-20-12-11-18)5-3-1-2-4-10-17;/h6-9H,1-5,11-12,18H2;1H. The highest BCUT2D eigenvalue weighted by atomic mass is 35.5. The molecular weight excluding hydrogens is 309 g/mol. The van der Waals surface area contributed by atoms with E-state index in [2.05, 4.69) is 11.2 Å². The van der Waals surface area contributed by atoms with E-state index in [1.54, 1.807) is 0 Å². The molecule has 0 fully saturated rings. The minimum Gasteiger partial charge on any atom is -0.394 e. The number of nitrogens with two attached hydrogens (primary N) is 1. The van der Waals surface area contributed by atoms with Gasteiger partial charge >= 0.3 is 0 Å². The molecule has 0 aliphatic heterocycles. The first-order valence-electron chi connectivity index (χ1n) is 6.79. The van der Waals surface area contributed by atoms with Crippen LogP contribution in [-0.2, 0) is 4.84 Å². The molecule has 21 heavy (non-hydrogen) atoms. The van der Waals surface area contributed by atoms with Crippen molar-refractivity contribution in [2.45, 2.75) is 32.1 Å². The van der Waals surface area contributed by atoms with Crippen LogP contribution in [-0.4, -0.2) is 18.9 Å². The maximum atomic E-state index is 8.50. The molecule has 1 aromatic rings. The monoisotopic (exact) mass is 329 g/mol. The summed E-state index contributed by atoms with van der Waals surface area (Å²) in [6.45, 7) is 0.852. The number of nitrogens with zero attached hydrogens (tertiary/aromatic N) is 2. The number of halogens is 2. The van der Waals surface area contributed by atoms with E-state index in [0.29, 0.717) is 24.6 Å². The Hall–Kier alpha value is -1.28. The lowest BCUT2D eigenvalue weighted by atomic mass is 10.0. The molecule has 0 aromatic heterocycles. The second kappa shape index (κ2) is 12.5. The third-order valence-corrected chi connectivity index (χ3v) is 3.02. The molecule has 0 atom stereocenters. The Labute approximate surface area is 137 Å². The van der Waals surface area contributed by atoms with E-state index >= 15 is 0 Å². The molecule has 1 rings (SSSR count). The van der Waals surface area contributed by atoms with Crippen molar-refractivity contribution >= 4 is 29.7 Å². The van der Waals surface area contributed by atoms with Crippen molar-refractivity contribution in [3.05, 3.63) is 34.9 Å². The topological polar surface area (TPSA) is 71.4 Å². The Morgan fingerprint density at radius 2 is 1.95 bits per heavy atom. The Morgan fingerprint density at radius 1 is 1.24 bits per heavy atom. The van der Waals surface area contributed by atoms with Gasteiger partial charge in [0.15, 0.2) is 0 Å². The summed E-state index contributed by atoms with van der Waals surface area (Å²) >= 11 is 5.89. The SMILES string of the molecule is Cl.N#CCCCCCC(=NOCCN)c1ccc(Cl)cc1. The van der Waals surface area contributed by atoms with Crippen LogP contribution < -0.4 is 5.73 Å². The fourth-order valence-corrected chi connectivity index (χ4v) is 1.86. The minimum atomic E-state index is 0. The van der Waals surface area contributed by atoms with E-state index in [1.165, 1.54) is 0 Å². The number of hydrogen-bond acceptors (Lipinski definition) is 4. The number of hydrogen-bond donors (Lipinski definition) is 1. The quantitative estimate of drug-likeness (QED) is 0.424. The minimum absolute atomic E-state index is 0. The van der Waals surface area contributed by atoms with Crippen LogP contribution in [0.3, 0.4) is 0 Å². The van der Waals surface area contributed by atoms with Gasteiger partial charge in [-0.05, 0) is 37.0 Å². The van der Waals surface area contributed by atoms with Gasteiger partial charge in [-0.1, -0.05) is 35.3 Å². The van der Waals surface area contributed by atoms with Gasteiger partial charge in [-0.15, -0.1) is 12.4 Å². The van der Waals surface area contributed by atoms with Crippen LogP contribution in [0.25, 0.3) is 0 Å². The van der Waals surface area contributed by atoms with Gasteiger partial charge in [0, 0.05) is 18.0 Å². The van der Waals surface area contributed by atoms with Crippen molar-refractivity contribution in [3.63, 3.8) is 0 Å². The van der Waals surface area contributed by atoms with E-state index in [0.717, 1.165) is 37.0 Å². The fraction of sp³-hybridized carbons (Fsp3) is 0.467. The van der Waals surface area contributed by atoms with Crippen molar-refractivity contribution in [2.75, 3.05) is 13.2 Å². The van der Waals surface area contributed by atoms with E-state index in [1.807, 2.05) is 24.3 Å². The Morgan fingerprint density at radius 3 is 2.57 bits per heavy atom. The third kappa shape index (κ3) is 8.56. The summed E-state index contributed by atoms with van der Waals surface area (Å²) in [6, 6.07) is 9.69. The largest absolute Gasteiger partial charge is 0.394 e. The van der Waals surface area contributed by atoms with Gasteiger partial charge in [0.2, 0.25) is 0 Å². The molecule has 0 aliphatic carbocycles. The highest BCUT2D eigenvalue weighted by Crippen LogP contribution is 2.14. The third-order valence-electron chi connectivity index (χ3n) is 2.76. The van der Waals surface area contributed by atoms with Gasteiger partial charge in [-0.25, -0.2) is 0 Å². The molecule has 0 saturated carbocycles. The molecule has 6 heteroatoms. The van der Waals surface area contributed by atoms with Crippen LogP contribution in [0.1, 0.15) is 37.7 Å². The number of rotatable bonds is 9. The summed E-state index contributed by atoms with van der Waals surface area (Å²) in [6.07, 6.45) is 4.34. The number of oxime groups is 1. The van der Waals surface area contributed by atoms with Crippen molar-refractivity contribution in [3.8, 4) is 6.07 Å². The van der Waals surface area contributed by atoms with Crippen LogP contribution in [0.2, 0.25) is 5.02 Å². The maximum absolute atomic E-state index is 8.50. The summed E-state index contributed by atoms with van der Waals surface area (Å²) in [5, 5.41) is 13.4. The molecule has 0 heterocycles. The Bertz CT molecular complexity index is 455. The summed E-state index contributed by atoms with van der Waals surface area (Å²) in [5.74, 6) is 0. The molecule has 0 aliphatic rings. The molecule has 116 valence electrons. The van der Waals surface area contributed by atoms with Crippen LogP contribution in [0.5, 0.6) is 0 Å². The number of unbranched alkanes of at least 4 members (excludes halogenated alkanes) is 3. The normalized spacial score (nSPS) is 10.6. The molecule has 1 aromatic carbocycles. The first-order chi connectivity index (χ1) is 9.77. The summed E-state index contributed by atoms with van der Waals surface area (Å²) < 4.78 is 0. The van der Waals surface area contributed by atoms with Crippen molar-refractivity contribution in [2.24, 2.45) is 10.9 Å². The predicted molar refractivity (Wildman–Crippen MR) is 88.9 cm³/mol. The number of benzene rings is 1. The molecule has 4 nitrogen and oxygen atoms in total. The summed E-state index contributed by atoms with van der Waals surface area (Å²) in [5.41, 5.74) is 7.29. The van der Waals surface area contributed by atoms with Gasteiger partial charge < -0.3 is 10.6 Å². The zero-order valence-electron chi connectivity index (χ0n) is 11.9. The second-order valence-corrected chi connectivity index (χ2v) is 4.82. The molecule has 0 bridgehead atoms. The highest BCUT2D eigenvalue weighted by molar-refractivity contribution is 6.30. The molecule has 2 N–H and O–H groups in total. The van der Waals surface area contributed by atoms with Crippen molar-refractivity contribution in [1.29, 1.82) is 5.26 Å². The van der Waals surface area contributed by atoms with E-state index < -0.39 is 0 Å². The lowest BCUT2D eigenvalue weighted by Gasteiger charge is -2.07. The zero-order chi connectivity index (χ0) is 14.6. The summed E-state index contributed by atoms with van der Waals surface area (Å²) in [4.78, 5) is 5.19. The molecule has 0 spiro atoms. The molecule has 0 radical (unpaired) electrons. The lowest BCUT2D eigenvalue weighted by Crippen LogP contribution is -2.08. The Balaban J connectivity index is 0.00000400. The van der Waals surface area contributed by atoms with Gasteiger partial charge in [-0.2, -0.15) is 5.26 Å². The van der Waals surface area contributed by atoms with Crippen LogP contribution >= 0.6 is 24.0 Å². The molecule has 0 unspecified atom stereocenters. The average Bonchev–Trinajstić information content (AvgIpc) is 2.46. The maximum Gasteiger partial charge on any atom is 0.129 e. The highest BCUT2D eigenvalue weighted by Gasteiger charge is 2.05. The first-order valence-corrected chi connectivity index (χ1v) is 7.17. The fourth-order valence-electron chi connectivity index (χ4n) is 1.73. The second-order valence-electron chi connectivity index (χ2n) is 4.39. The predicted octanol–water partition coefficient (Wildman–Crippen LogP) is 3.92. The average molecular weight is 330 g/mol. The van der Waals surface area contributed by atoms with E-state index in [9.17, 15) is 0 Å². The van der Waals surface area contributed by atoms with Crippen LogP contribution in [0, 0.1) is 11.3 Å². The van der Waals surface area contributed by atoms with E-state index in [4.69, 9.17) is 27.4 Å². The molecular formula is C15H21Cl2N3O. The lowest BCUT2D eigenvalue weighted by molar-refractivity contribution is 0.152. The Kier molecular flexibility index (Phi) is 11.7. The van der Waals surface area contributed by atoms with Gasteiger partial charge in [-0.3, -0.25) is 0 Å². The first kappa shape index (κ1) is 19.7. The van der Waals surface area contributed by atoms with Gasteiger partial charge in [0.25, 0.3) is 0 Å². The van der Waals surface area contributed by atoms with Crippen LogP contribution in [0.15, 0.2) is 29.4 Å². The molecule has 0 amide bonds. The molecule has 0 saturated heterocycles. The van der Waals surface area contributed by atoms with Crippen molar-refractivity contribution in [1.82, 2.24) is 0 Å². The van der Waals surface area contributed by atoms with E-state index in [-0.39, 0.29) is 12.4 Å². The van der Waals surface area contributed by atoms with Crippen molar-refractivity contribution < 1.29 is 4.84 Å². The van der Waals surface area contributed by atoms with Gasteiger partial charge in [0.05, 0.1) is 11.8 Å². The van der Waals surface area contributed by atoms with Crippen LogP contribution in [0.4, 0.5) is 0 Å². The number of nitriles is 1. The summed E-state index contributed by atoms with van der Waals surface area (Å²) in [7, 11) is 0.